The van der Waals surface area contributed by atoms with Gasteiger partial charge >= 0.3 is 0 Å². The lowest BCUT2D eigenvalue weighted by molar-refractivity contribution is 0.617. The number of nitrogens with zero attached hydrogens (tertiary/aromatic N) is 1. The van der Waals surface area contributed by atoms with Crippen molar-refractivity contribution in [1.29, 1.82) is 0 Å². The highest BCUT2D eigenvalue weighted by atomic mass is 35.5. The molecule has 0 aliphatic heterocycles. The number of benzene rings is 2. The molecule has 94 valence electrons. The summed E-state index contributed by atoms with van der Waals surface area (Å²) in [6, 6.07) is 10.8. The predicted octanol–water partition coefficient (Wildman–Crippen LogP) is 4.47. The van der Waals surface area contributed by atoms with Crippen molar-refractivity contribution in [2.24, 2.45) is 0 Å². The monoisotopic (exact) mass is 267 g/mol. The van der Waals surface area contributed by atoms with Crippen LogP contribution >= 0.6 is 11.6 Å². The van der Waals surface area contributed by atoms with Crippen LogP contribution in [0.15, 0.2) is 42.5 Å². The number of halogens is 3. The molecule has 0 aliphatic carbocycles. The Morgan fingerprint density at radius 2 is 1.72 bits per heavy atom. The minimum atomic E-state index is -0.337. The molecule has 0 fully saturated rings. The topological polar surface area (TPSA) is 3.24 Å². The average Bonchev–Trinajstić information content (AvgIpc) is 2.38. The Balaban J connectivity index is 2.42. The van der Waals surface area contributed by atoms with E-state index in [1.165, 1.54) is 18.2 Å². The smallest absolute Gasteiger partial charge is 0.129 e. The van der Waals surface area contributed by atoms with Crippen molar-refractivity contribution in [3.63, 3.8) is 0 Å². The second-order valence-corrected chi connectivity index (χ2v) is 4.17. The van der Waals surface area contributed by atoms with E-state index < -0.39 is 0 Å². The molecule has 0 heterocycles. The minimum Gasteiger partial charge on any atom is -0.344 e. The summed E-state index contributed by atoms with van der Waals surface area (Å²) >= 11 is 5.77. The molecular weight excluding hydrogens is 256 g/mol. The van der Waals surface area contributed by atoms with E-state index in [0.717, 1.165) is 5.69 Å². The summed E-state index contributed by atoms with van der Waals surface area (Å²) in [5.74, 6) is -0.548. The van der Waals surface area contributed by atoms with Gasteiger partial charge in [-0.2, -0.15) is 0 Å². The fraction of sp³-hybridized carbons (Fsp3) is 0.143. The van der Waals surface area contributed by atoms with Crippen LogP contribution in [0.5, 0.6) is 0 Å². The zero-order chi connectivity index (χ0) is 13.1. The molecule has 0 amide bonds. The third kappa shape index (κ3) is 2.46. The molecule has 0 radical (unpaired) electrons. The standard InChI is InChI=1S/C14H12ClF2N/c1-18(11-7-5-10(16)6-8-11)14-4-2-3-13(17)12(14)9-15/h2-8H,9H2,1H3. The van der Waals surface area contributed by atoms with Crippen LogP contribution in [0.2, 0.25) is 0 Å². The summed E-state index contributed by atoms with van der Waals surface area (Å²) in [6.07, 6.45) is 0. The van der Waals surface area contributed by atoms with Crippen LogP contribution in [-0.2, 0) is 5.88 Å². The zero-order valence-electron chi connectivity index (χ0n) is 9.83. The molecule has 0 bridgehead atoms. The Kier molecular flexibility index (Phi) is 3.82. The first kappa shape index (κ1) is 12.8. The molecule has 0 saturated heterocycles. The molecule has 2 rings (SSSR count). The Hall–Kier alpha value is -1.61. The molecule has 2 aromatic rings. The van der Waals surface area contributed by atoms with Gasteiger partial charge in [0.15, 0.2) is 0 Å². The number of alkyl halides is 1. The zero-order valence-corrected chi connectivity index (χ0v) is 10.6. The fourth-order valence-corrected chi connectivity index (χ4v) is 2.06. The van der Waals surface area contributed by atoms with Crippen molar-refractivity contribution < 1.29 is 8.78 Å². The number of rotatable bonds is 3. The van der Waals surface area contributed by atoms with Crippen LogP contribution in [0.3, 0.4) is 0 Å². The van der Waals surface area contributed by atoms with Crippen LogP contribution in [0, 0.1) is 11.6 Å². The molecule has 0 aliphatic rings. The van der Waals surface area contributed by atoms with Gasteiger partial charge in [-0.3, -0.25) is 0 Å². The summed E-state index contributed by atoms with van der Waals surface area (Å²) in [5.41, 5.74) is 1.89. The van der Waals surface area contributed by atoms with E-state index in [-0.39, 0.29) is 17.5 Å². The summed E-state index contributed by atoms with van der Waals surface area (Å²) in [7, 11) is 1.79. The van der Waals surface area contributed by atoms with Crippen molar-refractivity contribution >= 4 is 23.0 Å². The predicted molar refractivity (Wildman–Crippen MR) is 70.4 cm³/mol. The molecule has 0 atom stereocenters. The van der Waals surface area contributed by atoms with Crippen molar-refractivity contribution in [3.05, 3.63) is 59.7 Å². The van der Waals surface area contributed by atoms with E-state index in [0.29, 0.717) is 11.3 Å². The number of hydrogen-bond acceptors (Lipinski definition) is 1. The molecule has 4 heteroatoms. The van der Waals surface area contributed by atoms with Crippen LogP contribution in [0.1, 0.15) is 5.56 Å². The quantitative estimate of drug-likeness (QED) is 0.742. The van der Waals surface area contributed by atoms with Crippen molar-refractivity contribution in [2.45, 2.75) is 5.88 Å². The van der Waals surface area contributed by atoms with Crippen LogP contribution in [0.4, 0.5) is 20.2 Å². The summed E-state index contributed by atoms with van der Waals surface area (Å²) in [4.78, 5) is 1.78. The first-order chi connectivity index (χ1) is 8.63. The third-order valence-electron chi connectivity index (χ3n) is 2.80. The molecule has 0 aromatic heterocycles. The largest absolute Gasteiger partial charge is 0.344 e. The molecule has 0 N–H and O–H groups in total. The average molecular weight is 268 g/mol. The van der Waals surface area contributed by atoms with E-state index >= 15 is 0 Å². The Morgan fingerprint density at radius 1 is 1.06 bits per heavy atom. The fourth-order valence-electron chi connectivity index (χ4n) is 1.80. The maximum Gasteiger partial charge on any atom is 0.129 e. The van der Waals surface area contributed by atoms with E-state index in [1.807, 2.05) is 0 Å². The van der Waals surface area contributed by atoms with Gasteiger partial charge in [-0.05, 0) is 36.4 Å². The van der Waals surface area contributed by atoms with E-state index in [4.69, 9.17) is 11.6 Å². The number of hydrogen-bond donors (Lipinski definition) is 0. The lowest BCUT2D eigenvalue weighted by atomic mass is 10.1. The summed E-state index contributed by atoms with van der Waals surface area (Å²) in [6.45, 7) is 0. The van der Waals surface area contributed by atoms with Crippen molar-refractivity contribution in [1.82, 2.24) is 0 Å². The van der Waals surface area contributed by atoms with Crippen LogP contribution < -0.4 is 4.90 Å². The van der Waals surface area contributed by atoms with Crippen LogP contribution in [-0.4, -0.2) is 7.05 Å². The molecule has 2 aromatic carbocycles. The van der Waals surface area contributed by atoms with Gasteiger partial charge < -0.3 is 4.90 Å². The second kappa shape index (κ2) is 5.36. The van der Waals surface area contributed by atoms with Gasteiger partial charge in [0.25, 0.3) is 0 Å². The van der Waals surface area contributed by atoms with Gasteiger partial charge in [-0.15, -0.1) is 11.6 Å². The highest BCUT2D eigenvalue weighted by Crippen LogP contribution is 2.29. The van der Waals surface area contributed by atoms with E-state index in [2.05, 4.69) is 0 Å². The van der Waals surface area contributed by atoms with Crippen LogP contribution in [0.25, 0.3) is 0 Å². The van der Waals surface area contributed by atoms with Crippen molar-refractivity contribution in [3.8, 4) is 0 Å². The lowest BCUT2D eigenvalue weighted by Gasteiger charge is -2.22. The normalized spacial score (nSPS) is 10.4. The Bertz CT molecular complexity index is 540. The van der Waals surface area contributed by atoms with Gasteiger partial charge in [-0.25, -0.2) is 8.78 Å². The van der Waals surface area contributed by atoms with Gasteiger partial charge in [0, 0.05) is 24.0 Å². The molecule has 1 nitrogen and oxygen atoms in total. The van der Waals surface area contributed by atoms with Gasteiger partial charge in [0.1, 0.15) is 11.6 Å². The maximum atomic E-state index is 13.6. The summed E-state index contributed by atoms with van der Waals surface area (Å²) < 4.78 is 26.5. The molecular formula is C14H12ClF2N. The minimum absolute atomic E-state index is 0.0908. The second-order valence-electron chi connectivity index (χ2n) is 3.91. The third-order valence-corrected chi connectivity index (χ3v) is 3.07. The first-order valence-corrected chi connectivity index (χ1v) is 5.99. The molecule has 0 spiro atoms. The van der Waals surface area contributed by atoms with E-state index in [9.17, 15) is 8.78 Å². The van der Waals surface area contributed by atoms with Gasteiger partial charge in [-0.1, -0.05) is 6.07 Å². The SMILES string of the molecule is CN(c1ccc(F)cc1)c1cccc(F)c1CCl. The highest BCUT2D eigenvalue weighted by Gasteiger charge is 2.12. The molecule has 0 saturated carbocycles. The van der Waals surface area contributed by atoms with Crippen molar-refractivity contribution in [2.75, 3.05) is 11.9 Å². The van der Waals surface area contributed by atoms with E-state index in [1.54, 1.807) is 36.2 Å². The maximum absolute atomic E-state index is 13.6. The lowest BCUT2D eigenvalue weighted by Crippen LogP contribution is -2.12. The first-order valence-electron chi connectivity index (χ1n) is 5.46. The Labute approximate surface area is 110 Å². The number of anilines is 2. The van der Waals surface area contributed by atoms with Gasteiger partial charge in [0.2, 0.25) is 0 Å². The Morgan fingerprint density at radius 3 is 2.33 bits per heavy atom. The molecule has 0 unspecified atom stereocenters. The highest BCUT2D eigenvalue weighted by molar-refractivity contribution is 6.17. The molecule has 18 heavy (non-hydrogen) atoms. The van der Waals surface area contributed by atoms with Gasteiger partial charge in [0.05, 0.1) is 5.88 Å². The summed E-state index contributed by atoms with van der Waals surface area (Å²) in [5, 5.41) is 0.